The number of aromatic hydroxyl groups is 1. The quantitative estimate of drug-likeness (QED) is 0.729. The molecule has 0 atom stereocenters. The Labute approximate surface area is 133 Å². The van der Waals surface area contributed by atoms with Crippen molar-refractivity contribution >= 4 is 23.8 Å². The zero-order valence-electron chi connectivity index (χ0n) is 12.6. The molecule has 3 aromatic rings. The van der Waals surface area contributed by atoms with E-state index in [1.165, 1.54) is 10.6 Å². The van der Waals surface area contributed by atoms with Crippen LogP contribution in [0.5, 0.6) is 5.75 Å². The van der Waals surface area contributed by atoms with Gasteiger partial charge in [-0.1, -0.05) is 85.8 Å². The molecule has 0 unspecified atom stereocenters. The molecule has 3 aromatic carbocycles. The highest BCUT2D eigenvalue weighted by atomic mass is 31.1. The van der Waals surface area contributed by atoms with Gasteiger partial charge in [0.05, 0.1) is 0 Å². The molecular weight excluding hydrogens is 287 g/mol. The van der Waals surface area contributed by atoms with E-state index in [0.717, 1.165) is 17.3 Å². The number of para-hydroxylation sites is 1. The first-order chi connectivity index (χ1) is 10.8. The zero-order valence-corrected chi connectivity index (χ0v) is 13.5. The highest BCUT2D eigenvalue weighted by Crippen LogP contribution is 2.37. The minimum atomic E-state index is -0.739. The standard InChI is InChI=1S/C20H19OP/c1-2-16-10-9-15-19(20(16)21)22(17-11-5-3-6-12-17)18-13-7-4-8-14-18/h3-15,21H,2H2,1H3. The topological polar surface area (TPSA) is 20.2 Å². The number of hydrogen-bond donors (Lipinski definition) is 1. The third kappa shape index (κ3) is 2.91. The van der Waals surface area contributed by atoms with Gasteiger partial charge in [0.1, 0.15) is 5.75 Å². The average molecular weight is 306 g/mol. The Kier molecular flexibility index (Phi) is 4.56. The molecule has 0 saturated carbocycles. The van der Waals surface area contributed by atoms with Crippen LogP contribution in [0.15, 0.2) is 78.9 Å². The molecule has 0 aliphatic carbocycles. The first-order valence-corrected chi connectivity index (χ1v) is 8.86. The molecule has 0 fully saturated rings. The van der Waals surface area contributed by atoms with Crippen LogP contribution in [0, 0.1) is 0 Å². The zero-order chi connectivity index (χ0) is 15.4. The summed E-state index contributed by atoms with van der Waals surface area (Å²) in [5.74, 6) is 0.448. The molecule has 1 nitrogen and oxygen atoms in total. The van der Waals surface area contributed by atoms with Gasteiger partial charge in [-0.15, -0.1) is 0 Å². The molecule has 0 amide bonds. The predicted molar refractivity (Wildman–Crippen MR) is 96.2 cm³/mol. The van der Waals surface area contributed by atoms with Gasteiger partial charge in [-0.05, 0) is 30.5 Å². The van der Waals surface area contributed by atoms with Gasteiger partial charge in [0, 0.05) is 5.30 Å². The molecule has 110 valence electrons. The van der Waals surface area contributed by atoms with Gasteiger partial charge in [-0.3, -0.25) is 0 Å². The highest BCUT2D eigenvalue weighted by molar-refractivity contribution is 7.80. The van der Waals surface area contributed by atoms with Crippen LogP contribution in [0.25, 0.3) is 0 Å². The smallest absolute Gasteiger partial charge is 0.127 e. The Balaban J connectivity index is 2.19. The third-order valence-electron chi connectivity index (χ3n) is 3.75. The number of rotatable bonds is 4. The Hall–Kier alpha value is -2.11. The Morgan fingerprint density at radius 3 is 1.77 bits per heavy atom. The van der Waals surface area contributed by atoms with Gasteiger partial charge in [0.25, 0.3) is 0 Å². The fourth-order valence-corrected chi connectivity index (χ4v) is 5.01. The van der Waals surface area contributed by atoms with Gasteiger partial charge in [-0.25, -0.2) is 0 Å². The maximum atomic E-state index is 10.7. The van der Waals surface area contributed by atoms with Gasteiger partial charge in [0.2, 0.25) is 0 Å². The number of aryl methyl sites for hydroxylation is 1. The molecule has 0 aliphatic heterocycles. The molecule has 1 N–H and O–H groups in total. The maximum absolute atomic E-state index is 10.7. The number of phenolic OH excluding ortho intramolecular Hbond substituents is 1. The van der Waals surface area contributed by atoms with Crippen LogP contribution in [0.1, 0.15) is 12.5 Å². The molecular formula is C20H19OP. The SMILES string of the molecule is CCc1cccc(P(c2ccccc2)c2ccccc2)c1O. The molecule has 0 aliphatic rings. The normalized spacial score (nSPS) is 10.8. The van der Waals surface area contributed by atoms with Crippen LogP contribution in [-0.4, -0.2) is 5.11 Å². The van der Waals surface area contributed by atoms with Crippen molar-refractivity contribution in [3.8, 4) is 5.75 Å². The van der Waals surface area contributed by atoms with Crippen LogP contribution < -0.4 is 15.9 Å². The van der Waals surface area contributed by atoms with E-state index < -0.39 is 7.92 Å². The molecule has 0 saturated heterocycles. The summed E-state index contributed by atoms with van der Waals surface area (Å²) in [5.41, 5.74) is 1.01. The van der Waals surface area contributed by atoms with E-state index in [1.807, 2.05) is 18.2 Å². The molecule has 0 bridgehead atoms. The second-order valence-corrected chi connectivity index (χ2v) is 7.33. The monoisotopic (exact) mass is 306 g/mol. The summed E-state index contributed by atoms with van der Waals surface area (Å²) >= 11 is 0. The summed E-state index contributed by atoms with van der Waals surface area (Å²) in [6.07, 6.45) is 0.840. The van der Waals surface area contributed by atoms with Crippen LogP contribution in [0.3, 0.4) is 0 Å². The van der Waals surface area contributed by atoms with Gasteiger partial charge in [-0.2, -0.15) is 0 Å². The average Bonchev–Trinajstić information content (AvgIpc) is 2.59. The van der Waals surface area contributed by atoms with Crippen LogP contribution in [0.2, 0.25) is 0 Å². The predicted octanol–water partition coefficient (Wildman–Crippen LogP) is 3.71. The van der Waals surface area contributed by atoms with E-state index in [-0.39, 0.29) is 0 Å². The largest absolute Gasteiger partial charge is 0.507 e. The maximum Gasteiger partial charge on any atom is 0.127 e. The number of phenols is 1. The Morgan fingerprint density at radius 2 is 1.27 bits per heavy atom. The summed E-state index contributed by atoms with van der Waals surface area (Å²) in [6, 6.07) is 27.0. The van der Waals surface area contributed by atoms with Crippen molar-refractivity contribution in [3.63, 3.8) is 0 Å². The lowest BCUT2D eigenvalue weighted by Gasteiger charge is -2.21. The Morgan fingerprint density at radius 1 is 0.727 bits per heavy atom. The third-order valence-corrected chi connectivity index (χ3v) is 6.22. The van der Waals surface area contributed by atoms with Gasteiger partial charge >= 0.3 is 0 Å². The highest BCUT2D eigenvalue weighted by Gasteiger charge is 2.20. The van der Waals surface area contributed by atoms with E-state index in [9.17, 15) is 5.11 Å². The van der Waals surface area contributed by atoms with Gasteiger partial charge in [0.15, 0.2) is 0 Å². The number of benzene rings is 3. The van der Waals surface area contributed by atoms with E-state index in [0.29, 0.717) is 5.75 Å². The van der Waals surface area contributed by atoms with Crippen LogP contribution in [0.4, 0.5) is 0 Å². The molecule has 22 heavy (non-hydrogen) atoms. The summed E-state index contributed by atoms with van der Waals surface area (Å²) < 4.78 is 0. The van der Waals surface area contributed by atoms with E-state index >= 15 is 0 Å². The fourth-order valence-electron chi connectivity index (χ4n) is 2.62. The summed E-state index contributed by atoms with van der Waals surface area (Å²) in [7, 11) is -0.739. The minimum Gasteiger partial charge on any atom is -0.507 e. The van der Waals surface area contributed by atoms with Crippen molar-refractivity contribution in [1.82, 2.24) is 0 Å². The van der Waals surface area contributed by atoms with Crippen molar-refractivity contribution in [2.45, 2.75) is 13.3 Å². The summed E-state index contributed by atoms with van der Waals surface area (Å²) in [6.45, 7) is 2.08. The second-order valence-electron chi connectivity index (χ2n) is 5.14. The second kappa shape index (κ2) is 6.77. The first kappa shape index (κ1) is 14.8. The van der Waals surface area contributed by atoms with E-state index in [1.54, 1.807) is 0 Å². The van der Waals surface area contributed by atoms with Crippen LogP contribution in [-0.2, 0) is 6.42 Å². The number of hydrogen-bond acceptors (Lipinski definition) is 1. The molecule has 0 heterocycles. The van der Waals surface area contributed by atoms with Gasteiger partial charge < -0.3 is 5.11 Å². The van der Waals surface area contributed by atoms with Crippen molar-refractivity contribution in [1.29, 1.82) is 0 Å². The van der Waals surface area contributed by atoms with Crippen molar-refractivity contribution in [2.75, 3.05) is 0 Å². The van der Waals surface area contributed by atoms with Crippen molar-refractivity contribution in [2.24, 2.45) is 0 Å². The van der Waals surface area contributed by atoms with E-state index in [4.69, 9.17) is 0 Å². The lowest BCUT2D eigenvalue weighted by Crippen LogP contribution is -2.21. The lowest BCUT2D eigenvalue weighted by atomic mass is 10.1. The molecule has 3 rings (SSSR count). The molecule has 0 spiro atoms. The van der Waals surface area contributed by atoms with Crippen molar-refractivity contribution < 1.29 is 5.11 Å². The van der Waals surface area contributed by atoms with Crippen molar-refractivity contribution in [3.05, 3.63) is 84.4 Å². The van der Waals surface area contributed by atoms with Crippen LogP contribution >= 0.6 is 7.92 Å². The first-order valence-electron chi connectivity index (χ1n) is 7.52. The lowest BCUT2D eigenvalue weighted by molar-refractivity contribution is 0.473. The fraction of sp³-hybridized carbons (Fsp3) is 0.100. The molecule has 0 aromatic heterocycles. The summed E-state index contributed by atoms with van der Waals surface area (Å²) in [5, 5.41) is 14.2. The minimum absolute atomic E-state index is 0.448. The molecule has 0 radical (unpaired) electrons. The van der Waals surface area contributed by atoms with E-state index in [2.05, 4.69) is 67.6 Å². The summed E-state index contributed by atoms with van der Waals surface area (Å²) in [4.78, 5) is 0. The molecule has 2 heteroatoms. The Bertz CT molecular complexity index is 699.